The van der Waals surface area contributed by atoms with E-state index >= 15 is 0 Å². The van der Waals surface area contributed by atoms with E-state index in [0.717, 1.165) is 52.7 Å². The molecule has 0 aliphatic carbocycles. The lowest BCUT2D eigenvalue weighted by Gasteiger charge is -2.05. The molecular weight excluding hydrogens is 426 g/mol. The van der Waals surface area contributed by atoms with Crippen LogP contribution in [0.5, 0.6) is 11.5 Å². The van der Waals surface area contributed by atoms with Crippen molar-refractivity contribution in [1.29, 1.82) is 0 Å². The largest absolute Gasteiger partial charge is 0.497 e. The number of H-pyrrole nitrogens is 1. The van der Waals surface area contributed by atoms with Gasteiger partial charge < -0.3 is 14.5 Å². The van der Waals surface area contributed by atoms with Crippen molar-refractivity contribution < 1.29 is 14.3 Å². The first-order valence-corrected chi connectivity index (χ1v) is 11.4. The van der Waals surface area contributed by atoms with Crippen molar-refractivity contribution in [1.82, 2.24) is 10.4 Å². The number of fused-ring (bicyclic) bond motifs is 1. The van der Waals surface area contributed by atoms with Crippen molar-refractivity contribution in [2.45, 2.75) is 26.2 Å². The quantitative estimate of drug-likeness (QED) is 0.242. The molecule has 0 fully saturated rings. The molecule has 0 saturated heterocycles. The molecule has 1 amide bonds. The number of amides is 1. The highest BCUT2D eigenvalue weighted by Crippen LogP contribution is 2.31. The Kier molecular flexibility index (Phi) is 7.28. The molecule has 174 valence electrons. The third-order valence-electron chi connectivity index (χ3n) is 5.81. The molecule has 3 aromatic carbocycles. The van der Waals surface area contributed by atoms with E-state index in [1.807, 2.05) is 24.3 Å². The van der Waals surface area contributed by atoms with Gasteiger partial charge in [-0.15, -0.1) is 0 Å². The maximum Gasteiger partial charge on any atom is 0.271 e. The molecule has 1 aromatic heterocycles. The molecule has 34 heavy (non-hydrogen) atoms. The molecule has 0 bridgehead atoms. The standard InChI is InChI=1S/C28H29N3O3/c1-4-5-6-19-7-16-26-24(17-19)25(27(30-26)20-8-12-22(33-2)13-9-20)18-29-31-28(32)21-10-14-23(34-3)15-11-21/h7-18,30H,4-6H2,1-3H3,(H,31,32)/b29-18+. The minimum absolute atomic E-state index is 0.284. The summed E-state index contributed by atoms with van der Waals surface area (Å²) in [6.45, 7) is 2.19. The van der Waals surface area contributed by atoms with E-state index in [4.69, 9.17) is 9.47 Å². The van der Waals surface area contributed by atoms with Crippen LogP contribution in [-0.4, -0.2) is 31.3 Å². The first-order valence-electron chi connectivity index (χ1n) is 11.4. The average molecular weight is 456 g/mol. The molecule has 2 N–H and O–H groups in total. The Bertz CT molecular complexity index is 1290. The van der Waals surface area contributed by atoms with Crippen molar-refractivity contribution in [3.05, 3.63) is 83.4 Å². The number of methoxy groups -OCH3 is 2. The number of aryl methyl sites for hydroxylation is 1. The fourth-order valence-corrected chi connectivity index (χ4v) is 3.88. The van der Waals surface area contributed by atoms with E-state index in [1.165, 1.54) is 5.56 Å². The molecule has 4 rings (SSSR count). The van der Waals surface area contributed by atoms with Gasteiger partial charge in [-0.1, -0.05) is 19.4 Å². The lowest BCUT2D eigenvalue weighted by Crippen LogP contribution is -2.17. The summed E-state index contributed by atoms with van der Waals surface area (Å²) in [5, 5.41) is 5.37. The van der Waals surface area contributed by atoms with Crippen LogP contribution in [-0.2, 0) is 6.42 Å². The van der Waals surface area contributed by atoms with E-state index in [-0.39, 0.29) is 5.91 Å². The lowest BCUT2D eigenvalue weighted by atomic mass is 10.0. The van der Waals surface area contributed by atoms with Crippen molar-refractivity contribution in [3.8, 4) is 22.8 Å². The van der Waals surface area contributed by atoms with Crippen LogP contribution in [0, 0.1) is 0 Å². The first kappa shape index (κ1) is 23.1. The van der Waals surface area contributed by atoms with E-state index in [1.54, 1.807) is 44.7 Å². The minimum atomic E-state index is -0.284. The normalized spacial score (nSPS) is 11.1. The Labute approximate surface area is 199 Å². The fraction of sp³-hybridized carbons (Fsp3) is 0.214. The summed E-state index contributed by atoms with van der Waals surface area (Å²) >= 11 is 0. The van der Waals surface area contributed by atoms with Crippen LogP contribution in [0.4, 0.5) is 0 Å². The summed E-state index contributed by atoms with van der Waals surface area (Å²) in [6, 6.07) is 21.3. The first-order chi connectivity index (χ1) is 16.6. The molecule has 0 atom stereocenters. The number of rotatable bonds is 9. The molecule has 6 heteroatoms. The minimum Gasteiger partial charge on any atom is -0.497 e. The molecular formula is C28H29N3O3. The van der Waals surface area contributed by atoms with Crippen molar-refractivity contribution in [3.63, 3.8) is 0 Å². The molecule has 0 saturated carbocycles. The van der Waals surface area contributed by atoms with Gasteiger partial charge in [0.15, 0.2) is 0 Å². The molecule has 6 nitrogen and oxygen atoms in total. The summed E-state index contributed by atoms with van der Waals surface area (Å²) in [5.41, 5.74) is 8.33. The smallest absolute Gasteiger partial charge is 0.271 e. The zero-order valence-electron chi connectivity index (χ0n) is 19.7. The number of aromatic nitrogens is 1. The Morgan fingerprint density at radius 2 is 1.65 bits per heavy atom. The second kappa shape index (κ2) is 10.7. The number of nitrogens with zero attached hydrogens (tertiary/aromatic N) is 1. The average Bonchev–Trinajstić information content (AvgIpc) is 3.25. The maximum atomic E-state index is 12.5. The zero-order valence-corrected chi connectivity index (χ0v) is 19.7. The number of hydrogen-bond donors (Lipinski definition) is 2. The van der Waals surface area contributed by atoms with Gasteiger partial charge in [-0.05, 0) is 84.6 Å². The number of ether oxygens (including phenoxy) is 2. The number of benzene rings is 3. The number of nitrogens with one attached hydrogen (secondary N) is 2. The Balaban J connectivity index is 1.67. The molecule has 0 unspecified atom stereocenters. The number of hydrazone groups is 1. The lowest BCUT2D eigenvalue weighted by molar-refractivity contribution is 0.0955. The number of carbonyl (C=O) groups excluding carboxylic acids is 1. The van der Waals surface area contributed by atoms with Crippen molar-refractivity contribution in [2.75, 3.05) is 14.2 Å². The summed E-state index contributed by atoms with van der Waals surface area (Å²) in [5.74, 6) is 1.21. The number of carbonyl (C=O) groups is 1. The monoisotopic (exact) mass is 455 g/mol. The highest BCUT2D eigenvalue weighted by Gasteiger charge is 2.13. The van der Waals surface area contributed by atoms with Crippen molar-refractivity contribution >= 4 is 23.0 Å². The molecule has 1 heterocycles. The predicted octanol–water partition coefficient (Wildman–Crippen LogP) is 5.96. The van der Waals surface area contributed by atoms with Gasteiger partial charge in [0.25, 0.3) is 5.91 Å². The van der Waals surface area contributed by atoms with Crippen LogP contribution in [0.15, 0.2) is 71.8 Å². The summed E-state index contributed by atoms with van der Waals surface area (Å²) in [7, 11) is 3.24. The summed E-state index contributed by atoms with van der Waals surface area (Å²) < 4.78 is 10.5. The summed E-state index contributed by atoms with van der Waals surface area (Å²) in [6.07, 6.45) is 5.03. The van der Waals surface area contributed by atoms with E-state index in [2.05, 4.69) is 40.6 Å². The second-order valence-corrected chi connectivity index (χ2v) is 8.05. The molecule has 0 radical (unpaired) electrons. The van der Waals surface area contributed by atoms with E-state index < -0.39 is 0 Å². The van der Waals surface area contributed by atoms with Crippen LogP contribution >= 0.6 is 0 Å². The zero-order chi connectivity index (χ0) is 23.9. The van der Waals surface area contributed by atoms with Crippen molar-refractivity contribution in [2.24, 2.45) is 5.10 Å². The van der Waals surface area contributed by atoms with Crippen LogP contribution < -0.4 is 14.9 Å². The van der Waals surface area contributed by atoms with Crippen LogP contribution in [0.1, 0.15) is 41.3 Å². The third-order valence-corrected chi connectivity index (χ3v) is 5.81. The fourth-order valence-electron chi connectivity index (χ4n) is 3.88. The Morgan fingerprint density at radius 1 is 0.971 bits per heavy atom. The van der Waals surface area contributed by atoms with Gasteiger partial charge in [0, 0.05) is 22.0 Å². The van der Waals surface area contributed by atoms with Gasteiger partial charge in [0.05, 0.1) is 26.1 Å². The van der Waals surface area contributed by atoms with Crippen LogP contribution in [0.25, 0.3) is 22.2 Å². The number of aromatic amines is 1. The van der Waals surface area contributed by atoms with Gasteiger partial charge in [-0.25, -0.2) is 5.43 Å². The number of unbranched alkanes of at least 4 members (excludes halogenated alkanes) is 1. The highest BCUT2D eigenvalue weighted by atomic mass is 16.5. The molecule has 0 aliphatic heterocycles. The van der Waals surface area contributed by atoms with Crippen LogP contribution in [0.3, 0.4) is 0 Å². The Hall–Kier alpha value is -4.06. The molecule has 0 aliphatic rings. The van der Waals surface area contributed by atoms with Gasteiger partial charge in [-0.2, -0.15) is 5.10 Å². The predicted molar refractivity (Wildman–Crippen MR) is 137 cm³/mol. The van der Waals surface area contributed by atoms with Gasteiger partial charge in [-0.3, -0.25) is 4.79 Å². The van der Waals surface area contributed by atoms with Gasteiger partial charge >= 0.3 is 0 Å². The van der Waals surface area contributed by atoms with E-state index in [0.29, 0.717) is 11.3 Å². The Morgan fingerprint density at radius 3 is 2.29 bits per heavy atom. The van der Waals surface area contributed by atoms with Gasteiger partial charge in [0.1, 0.15) is 11.5 Å². The van der Waals surface area contributed by atoms with E-state index in [9.17, 15) is 4.79 Å². The topological polar surface area (TPSA) is 75.7 Å². The van der Waals surface area contributed by atoms with Crippen LogP contribution in [0.2, 0.25) is 0 Å². The SMILES string of the molecule is CCCCc1ccc2[nH]c(-c3ccc(OC)cc3)c(/C=N/NC(=O)c3ccc(OC)cc3)c2c1. The highest BCUT2D eigenvalue weighted by molar-refractivity contribution is 6.06. The summed E-state index contributed by atoms with van der Waals surface area (Å²) in [4.78, 5) is 16.1. The molecule has 0 spiro atoms. The van der Waals surface area contributed by atoms with Gasteiger partial charge in [0.2, 0.25) is 0 Å². The third kappa shape index (κ3) is 5.12. The molecule has 4 aromatic rings. The second-order valence-electron chi connectivity index (χ2n) is 8.05. The maximum absolute atomic E-state index is 12.5. The number of hydrogen-bond acceptors (Lipinski definition) is 4.